The van der Waals surface area contributed by atoms with Crippen molar-refractivity contribution in [1.82, 2.24) is 10.2 Å². The first kappa shape index (κ1) is 15.3. The van der Waals surface area contributed by atoms with Crippen LogP contribution in [-0.2, 0) is 0 Å². The van der Waals surface area contributed by atoms with Crippen LogP contribution in [0, 0.1) is 5.92 Å². The maximum absolute atomic E-state index is 11.9. The Morgan fingerprint density at radius 2 is 2.00 bits per heavy atom. The third-order valence-corrected chi connectivity index (χ3v) is 4.10. The predicted octanol–water partition coefficient (Wildman–Crippen LogP) is 2.37. The van der Waals surface area contributed by atoms with Gasteiger partial charge in [-0.05, 0) is 32.6 Å². The third kappa shape index (κ3) is 4.84. The number of likely N-dealkylation sites (N-methyl/N-ethyl adjacent to an activating group) is 1. The molecule has 1 rings (SSSR count). The number of aliphatic hydroxyl groups excluding tert-OH is 1. The fourth-order valence-corrected chi connectivity index (χ4v) is 2.49. The van der Waals surface area contributed by atoms with Crippen LogP contribution in [0.1, 0.15) is 52.4 Å². The lowest BCUT2D eigenvalue weighted by Crippen LogP contribution is -2.46. The topological polar surface area (TPSA) is 52.6 Å². The molecule has 0 aromatic rings. The average molecular weight is 256 g/mol. The Kier molecular flexibility index (Phi) is 6.47. The zero-order valence-electron chi connectivity index (χ0n) is 12.0. The van der Waals surface area contributed by atoms with Gasteiger partial charge in [-0.15, -0.1) is 0 Å². The number of nitrogens with zero attached hydrogens (tertiary/aromatic N) is 1. The van der Waals surface area contributed by atoms with Gasteiger partial charge in [0.2, 0.25) is 0 Å². The summed E-state index contributed by atoms with van der Waals surface area (Å²) < 4.78 is 0. The SMILES string of the molecule is CC(CCC1CCCC1)NC(=O)N(C)C(C)CO. The lowest BCUT2D eigenvalue weighted by Gasteiger charge is -2.26. The van der Waals surface area contributed by atoms with E-state index in [1.165, 1.54) is 32.1 Å². The minimum atomic E-state index is -0.132. The van der Waals surface area contributed by atoms with Crippen LogP contribution in [-0.4, -0.2) is 41.8 Å². The first-order chi connectivity index (χ1) is 8.54. The summed E-state index contributed by atoms with van der Waals surface area (Å²) in [4.78, 5) is 13.4. The third-order valence-electron chi connectivity index (χ3n) is 4.10. The Labute approximate surface area is 111 Å². The van der Waals surface area contributed by atoms with Crippen LogP contribution in [0.25, 0.3) is 0 Å². The molecule has 0 saturated heterocycles. The first-order valence-corrected chi connectivity index (χ1v) is 7.18. The zero-order valence-corrected chi connectivity index (χ0v) is 12.0. The molecule has 0 radical (unpaired) electrons. The number of carbonyl (C=O) groups is 1. The van der Waals surface area contributed by atoms with Gasteiger partial charge in [0.15, 0.2) is 0 Å². The molecular formula is C14H28N2O2. The molecule has 2 unspecified atom stereocenters. The van der Waals surface area contributed by atoms with E-state index in [1.807, 2.05) is 6.92 Å². The second-order valence-corrected chi connectivity index (χ2v) is 5.72. The predicted molar refractivity (Wildman–Crippen MR) is 73.5 cm³/mol. The Hall–Kier alpha value is -0.770. The molecule has 18 heavy (non-hydrogen) atoms. The zero-order chi connectivity index (χ0) is 13.5. The molecule has 2 N–H and O–H groups in total. The second-order valence-electron chi connectivity index (χ2n) is 5.72. The van der Waals surface area contributed by atoms with Crippen molar-refractivity contribution in [3.05, 3.63) is 0 Å². The van der Waals surface area contributed by atoms with Crippen molar-refractivity contribution in [2.24, 2.45) is 5.92 Å². The van der Waals surface area contributed by atoms with Crippen LogP contribution in [0.15, 0.2) is 0 Å². The van der Waals surface area contributed by atoms with Crippen LogP contribution in [0.3, 0.4) is 0 Å². The molecule has 0 spiro atoms. The van der Waals surface area contributed by atoms with Crippen LogP contribution < -0.4 is 5.32 Å². The van der Waals surface area contributed by atoms with Crippen LogP contribution in [0.4, 0.5) is 4.79 Å². The number of urea groups is 1. The summed E-state index contributed by atoms with van der Waals surface area (Å²) in [6, 6.07) is -0.00560. The van der Waals surface area contributed by atoms with Crippen molar-refractivity contribution in [2.75, 3.05) is 13.7 Å². The summed E-state index contributed by atoms with van der Waals surface area (Å²) in [6.07, 6.45) is 7.76. The molecule has 1 aliphatic carbocycles. The van der Waals surface area contributed by atoms with E-state index in [2.05, 4.69) is 12.2 Å². The van der Waals surface area contributed by atoms with Crippen molar-refractivity contribution >= 4 is 6.03 Å². The fraction of sp³-hybridized carbons (Fsp3) is 0.929. The number of nitrogens with one attached hydrogen (secondary N) is 1. The van der Waals surface area contributed by atoms with Gasteiger partial charge in [-0.1, -0.05) is 25.7 Å². The van der Waals surface area contributed by atoms with Gasteiger partial charge in [-0.2, -0.15) is 0 Å². The molecule has 0 aromatic carbocycles. The van der Waals surface area contributed by atoms with E-state index in [1.54, 1.807) is 11.9 Å². The summed E-state index contributed by atoms with van der Waals surface area (Å²) in [7, 11) is 1.72. The van der Waals surface area contributed by atoms with E-state index in [4.69, 9.17) is 5.11 Å². The van der Waals surface area contributed by atoms with E-state index in [0.29, 0.717) is 0 Å². The quantitative estimate of drug-likeness (QED) is 0.766. The summed E-state index contributed by atoms with van der Waals surface area (Å²) >= 11 is 0. The normalized spacial score (nSPS) is 19.6. The van der Waals surface area contributed by atoms with Gasteiger partial charge in [0.1, 0.15) is 0 Å². The van der Waals surface area contributed by atoms with E-state index < -0.39 is 0 Å². The van der Waals surface area contributed by atoms with Gasteiger partial charge in [0, 0.05) is 13.1 Å². The smallest absolute Gasteiger partial charge is 0.317 e. The lowest BCUT2D eigenvalue weighted by molar-refractivity contribution is 0.154. The van der Waals surface area contributed by atoms with Crippen molar-refractivity contribution in [2.45, 2.75) is 64.5 Å². The highest BCUT2D eigenvalue weighted by molar-refractivity contribution is 5.74. The summed E-state index contributed by atoms with van der Waals surface area (Å²) in [6.45, 7) is 3.90. The number of hydrogen-bond acceptors (Lipinski definition) is 2. The number of amides is 2. The standard InChI is InChI=1S/C14H28N2O2/c1-11(8-9-13-6-4-5-7-13)15-14(18)16(3)12(2)10-17/h11-13,17H,4-10H2,1-3H3,(H,15,18). The minimum Gasteiger partial charge on any atom is -0.394 e. The Balaban J connectivity index is 2.21. The van der Waals surface area contributed by atoms with Crippen molar-refractivity contribution < 1.29 is 9.90 Å². The molecule has 1 saturated carbocycles. The van der Waals surface area contributed by atoms with Crippen LogP contribution in [0.2, 0.25) is 0 Å². The molecule has 4 nitrogen and oxygen atoms in total. The summed E-state index contributed by atoms with van der Waals surface area (Å²) in [5, 5.41) is 12.0. The minimum absolute atomic E-state index is 0.000372. The summed E-state index contributed by atoms with van der Waals surface area (Å²) in [5.74, 6) is 0.874. The van der Waals surface area contributed by atoms with Gasteiger partial charge in [-0.3, -0.25) is 0 Å². The molecule has 0 aromatic heterocycles. The molecule has 0 heterocycles. The van der Waals surface area contributed by atoms with Gasteiger partial charge < -0.3 is 15.3 Å². The molecule has 1 fully saturated rings. The van der Waals surface area contributed by atoms with Crippen molar-refractivity contribution in [3.8, 4) is 0 Å². The van der Waals surface area contributed by atoms with Gasteiger partial charge in [0.05, 0.1) is 12.6 Å². The highest BCUT2D eigenvalue weighted by Crippen LogP contribution is 2.28. The van der Waals surface area contributed by atoms with E-state index in [0.717, 1.165) is 12.3 Å². The van der Waals surface area contributed by atoms with Crippen molar-refractivity contribution in [1.29, 1.82) is 0 Å². The van der Waals surface area contributed by atoms with E-state index in [9.17, 15) is 4.79 Å². The highest BCUT2D eigenvalue weighted by Gasteiger charge is 2.19. The lowest BCUT2D eigenvalue weighted by atomic mass is 9.99. The van der Waals surface area contributed by atoms with E-state index in [-0.39, 0.29) is 24.7 Å². The van der Waals surface area contributed by atoms with Gasteiger partial charge in [0.25, 0.3) is 0 Å². The number of rotatable bonds is 6. The largest absolute Gasteiger partial charge is 0.394 e. The van der Waals surface area contributed by atoms with E-state index >= 15 is 0 Å². The molecule has 0 bridgehead atoms. The molecule has 0 aliphatic heterocycles. The summed E-state index contributed by atoms with van der Waals surface area (Å²) in [5.41, 5.74) is 0. The van der Waals surface area contributed by atoms with Crippen LogP contribution >= 0.6 is 0 Å². The Morgan fingerprint density at radius 1 is 1.39 bits per heavy atom. The fourth-order valence-electron chi connectivity index (χ4n) is 2.49. The molecule has 2 amide bonds. The monoisotopic (exact) mass is 256 g/mol. The Bertz CT molecular complexity index is 252. The Morgan fingerprint density at radius 3 is 2.56 bits per heavy atom. The number of hydrogen-bond donors (Lipinski definition) is 2. The molecule has 4 heteroatoms. The van der Waals surface area contributed by atoms with Crippen LogP contribution in [0.5, 0.6) is 0 Å². The van der Waals surface area contributed by atoms with Gasteiger partial charge >= 0.3 is 6.03 Å². The highest BCUT2D eigenvalue weighted by atomic mass is 16.3. The molecule has 1 aliphatic rings. The van der Waals surface area contributed by atoms with Crippen molar-refractivity contribution in [3.63, 3.8) is 0 Å². The average Bonchev–Trinajstić information content (AvgIpc) is 2.87. The maximum atomic E-state index is 11.9. The first-order valence-electron chi connectivity index (χ1n) is 7.18. The molecule has 2 atom stereocenters. The molecular weight excluding hydrogens is 228 g/mol. The second kappa shape index (κ2) is 7.62. The molecule has 106 valence electrons. The van der Waals surface area contributed by atoms with Gasteiger partial charge in [-0.25, -0.2) is 4.79 Å². The maximum Gasteiger partial charge on any atom is 0.317 e. The number of aliphatic hydroxyl groups is 1. The number of carbonyl (C=O) groups excluding carboxylic acids is 1.